The fraction of sp³-hybridized carbons (Fsp3) is 0.333. The maximum atomic E-state index is 12.2. The van der Waals surface area contributed by atoms with E-state index in [4.69, 9.17) is 10.2 Å². The number of carbonyl (C=O) groups is 2. The number of nitrogens with two attached hydrogens (primary N) is 1. The molecule has 7 nitrogen and oxygen atoms in total. The number of carboxylic acid groups (broad SMARTS) is 1. The van der Waals surface area contributed by atoms with Crippen molar-refractivity contribution in [2.24, 2.45) is 5.14 Å². The zero-order valence-corrected chi connectivity index (χ0v) is 11.3. The lowest BCUT2D eigenvalue weighted by atomic mass is 10.1. The molecule has 3 N–H and O–H groups in total. The van der Waals surface area contributed by atoms with Crippen molar-refractivity contribution in [3.63, 3.8) is 0 Å². The zero-order chi connectivity index (χ0) is 14.9. The van der Waals surface area contributed by atoms with Gasteiger partial charge in [-0.3, -0.25) is 4.79 Å². The van der Waals surface area contributed by atoms with E-state index in [-0.39, 0.29) is 10.5 Å². The van der Waals surface area contributed by atoms with Crippen LogP contribution in [0.15, 0.2) is 29.2 Å². The Morgan fingerprint density at radius 2 is 1.85 bits per heavy atom. The van der Waals surface area contributed by atoms with Gasteiger partial charge in [0, 0.05) is 12.1 Å². The maximum Gasteiger partial charge on any atom is 0.326 e. The van der Waals surface area contributed by atoms with Crippen LogP contribution in [0.25, 0.3) is 0 Å². The van der Waals surface area contributed by atoms with Gasteiger partial charge in [0.05, 0.1) is 4.90 Å². The van der Waals surface area contributed by atoms with Crippen LogP contribution in [-0.2, 0) is 14.8 Å². The summed E-state index contributed by atoms with van der Waals surface area (Å²) in [5, 5.41) is 14.0. The Morgan fingerprint density at radius 1 is 1.25 bits per heavy atom. The molecule has 8 heteroatoms. The van der Waals surface area contributed by atoms with Crippen LogP contribution in [-0.4, -0.2) is 42.9 Å². The van der Waals surface area contributed by atoms with Gasteiger partial charge in [-0.15, -0.1) is 0 Å². The summed E-state index contributed by atoms with van der Waals surface area (Å²) >= 11 is 0. The minimum Gasteiger partial charge on any atom is -0.480 e. The molecular weight excluding hydrogens is 284 g/mol. The van der Waals surface area contributed by atoms with Crippen LogP contribution in [0.2, 0.25) is 0 Å². The van der Waals surface area contributed by atoms with Gasteiger partial charge in [0.15, 0.2) is 0 Å². The van der Waals surface area contributed by atoms with E-state index in [9.17, 15) is 18.0 Å². The van der Waals surface area contributed by atoms with Crippen molar-refractivity contribution in [3.8, 4) is 0 Å². The Labute approximate surface area is 116 Å². The molecular formula is C12H14N2O5S. The third-order valence-electron chi connectivity index (χ3n) is 3.23. The molecule has 1 saturated heterocycles. The van der Waals surface area contributed by atoms with E-state index >= 15 is 0 Å². The van der Waals surface area contributed by atoms with E-state index in [1.54, 1.807) is 0 Å². The van der Waals surface area contributed by atoms with Crippen LogP contribution in [0, 0.1) is 0 Å². The summed E-state index contributed by atoms with van der Waals surface area (Å²) in [6.07, 6.45) is 1.06. The van der Waals surface area contributed by atoms with E-state index in [0.29, 0.717) is 19.4 Å². The first-order chi connectivity index (χ1) is 9.30. The predicted molar refractivity (Wildman–Crippen MR) is 69.5 cm³/mol. The number of amides is 1. The molecule has 0 unspecified atom stereocenters. The molecule has 1 aliphatic rings. The summed E-state index contributed by atoms with van der Waals surface area (Å²) in [7, 11) is -3.81. The highest BCUT2D eigenvalue weighted by molar-refractivity contribution is 7.89. The van der Waals surface area contributed by atoms with Crippen molar-refractivity contribution in [1.29, 1.82) is 0 Å². The lowest BCUT2D eigenvalue weighted by Gasteiger charge is -2.21. The Bertz CT molecular complexity index is 638. The fourth-order valence-corrected chi connectivity index (χ4v) is 2.73. The maximum absolute atomic E-state index is 12.2. The second-order valence-electron chi connectivity index (χ2n) is 4.56. The smallest absolute Gasteiger partial charge is 0.326 e. The van der Waals surface area contributed by atoms with Crippen LogP contribution in [0.4, 0.5) is 0 Å². The number of nitrogens with zero attached hydrogens (tertiary/aromatic N) is 1. The minimum absolute atomic E-state index is 0.0924. The van der Waals surface area contributed by atoms with Gasteiger partial charge in [0.1, 0.15) is 6.04 Å². The molecule has 1 amide bonds. The van der Waals surface area contributed by atoms with Crippen molar-refractivity contribution in [2.75, 3.05) is 6.54 Å². The molecule has 0 radical (unpaired) electrons. The van der Waals surface area contributed by atoms with Gasteiger partial charge in [0.2, 0.25) is 10.0 Å². The minimum atomic E-state index is -3.81. The first-order valence-corrected chi connectivity index (χ1v) is 7.52. The molecule has 0 aliphatic carbocycles. The summed E-state index contributed by atoms with van der Waals surface area (Å²) < 4.78 is 22.2. The SMILES string of the molecule is NS(=O)(=O)c1ccc(C(=O)N2CCC[C@@H]2C(=O)O)cc1. The second-order valence-corrected chi connectivity index (χ2v) is 6.13. The van der Waals surface area contributed by atoms with Crippen LogP contribution in [0.3, 0.4) is 0 Å². The normalized spacial score (nSPS) is 19.1. The van der Waals surface area contributed by atoms with Gasteiger partial charge in [-0.05, 0) is 37.1 Å². The van der Waals surface area contributed by atoms with E-state index in [1.807, 2.05) is 0 Å². The monoisotopic (exact) mass is 298 g/mol. The molecule has 2 rings (SSSR count). The largest absolute Gasteiger partial charge is 0.480 e. The van der Waals surface area contributed by atoms with Crippen molar-refractivity contribution in [3.05, 3.63) is 29.8 Å². The number of aliphatic carboxylic acids is 1. The third kappa shape index (κ3) is 2.81. The summed E-state index contributed by atoms with van der Waals surface area (Å²) in [5.74, 6) is -1.45. The molecule has 1 heterocycles. The molecule has 0 spiro atoms. The van der Waals surface area contributed by atoms with Gasteiger partial charge >= 0.3 is 5.97 Å². The first kappa shape index (κ1) is 14.5. The molecule has 0 saturated carbocycles. The molecule has 1 aliphatic heterocycles. The van der Waals surface area contributed by atoms with Crippen LogP contribution in [0.1, 0.15) is 23.2 Å². The number of benzene rings is 1. The summed E-state index contributed by atoms with van der Waals surface area (Å²) in [5.41, 5.74) is 0.241. The number of hydrogen-bond acceptors (Lipinski definition) is 4. The van der Waals surface area contributed by atoms with Gasteiger partial charge in [-0.2, -0.15) is 0 Å². The van der Waals surface area contributed by atoms with Crippen LogP contribution in [0.5, 0.6) is 0 Å². The molecule has 0 bridgehead atoms. The van der Waals surface area contributed by atoms with Gasteiger partial charge in [-0.1, -0.05) is 0 Å². The van der Waals surface area contributed by atoms with Gasteiger partial charge in [-0.25, -0.2) is 18.4 Å². The molecule has 1 fully saturated rings. The number of rotatable bonds is 3. The van der Waals surface area contributed by atoms with Crippen molar-refractivity contribution in [2.45, 2.75) is 23.8 Å². The molecule has 1 atom stereocenters. The lowest BCUT2D eigenvalue weighted by Crippen LogP contribution is -2.40. The number of likely N-dealkylation sites (tertiary alicyclic amines) is 1. The van der Waals surface area contributed by atoms with E-state index in [1.165, 1.54) is 29.2 Å². The summed E-state index contributed by atoms with van der Waals surface area (Å²) in [6.45, 7) is 0.382. The van der Waals surface area contributed by atoms with E-state index in [0.717, 1.165) is 0 Å². The second kappa shape index (κ2) is 5.22. The quantitative estimate of drug-likeness (QED) is 0.815. The average Bonchev–Trinajstić information content (AvgIpc) is 2.86. The van der Waals surface area contributed by atoms with Gasteiger partial charge in [0.25, 0.3) is 5.91 Å². The van der Waals surface area contributed by atoms with Crippen molar-refractivity contribution >= 4 is 21.9 Å². The molecule has 20 heavy (non-hydrogen) atoms. The fourth-order valence-electron chi connectivity index (χ4n) is 2.22. The van der Waals surface area contributed by atoms with Crippen molar-refractivity contribution < 1.29 is 23.1 Å². The number of carbonyl (C=O) groups excluding carboxylic acids is 1. The van der Waals surface area contributed by atoms with Crippen LogP contribution < -0.4 is 5.14 Å². The highest BCUT2D eigenvalue weighted by Gasteiger charge is 2.34. The molecule has 1 aromatic rings. The summed E-state index contributed by atoms with van der Waals surface area (Å²) in [4.78, 5) is 24.4. The average molecular weight is 298 g/mol. The first-order valence-electron chi connectivity index (χ1n) is 5.97. The Balaban J connectivity index is 2.24. The molecule has 0 aromatic heterocycles. The molecule has 108 valence electrons. The van der Waals surface area contributed by atoms with Crippen LogP contribution >= 0.6 is 0 Å². The summed E-state index contributed by atoms with van der Waals surface area (Å²) in [6, 6.07) is 4.31. The Morgan fingerprint density at radius 3 is 2.35 bits per heavy atom. The highest BCUT2D eigenvalue weighted by Crippen LogP contribution is 2.21. The van der Waals surface area contributed by atoms with E-state index < -0.39 is 27.9 Å². The standard InChI is InChI=1S/C12H14N2O5S/c13-20(18,19)9-5-3-8(4-6-9)11(15)14-7-1-2-10(14)12(16)17/h3-6,10H,1-2,7H2,(H,16,17)(H2,13,18,19)/t10-/m1/s1. The Hall–Kier alpha value is -1.93. The van der Waals surface area contributed by atoms with Gasteiger partial charge < -0.3 is 10.0 Å². The number of primary sulfonamides is 1. The Kier molecular flexibility index (Phi) is 3.78. The zero-order valence-electron chi connectivity index (χ0n) is 10.5. The van der Waals surface area contributed by atoms with E-state index in [2.05, 4.69) is 0 Å². The molecule has 1 aromatic carbocycles. The third-order valence-corrected chi connectivity index (χ3v) is 4.16. The topological polar surface area (TPSA) is 118 Å². The number of sulfonamides is 1. The predicted octanol–water partition coefficient (Wildman–Crippen LogP) is 0.0232. The highest BCUT2D eigenvalue weighted by atomic mass is 32.2. The van der Waals surface area contributed by atoms with Crippen molar-refractivity contribution in [1.82, 2.24) is 4.90 Å². The lowest BCUT2D eigenvalue weighted by molar-refractivity contribution is -0.141. The number of carboxylic acids is 1. The number of hydrogen-bond donors (Lipinski definition) is 2.